The molecule has 12 nitrogen and oxygen atoms in total. The number of esters is 1. The molecule has 0 bridgehead atoms. The monoisotopic (exact) mass is 657 g/mol. The van der Waals surface area contributed by atoms with Crippen LogP contribution in [0.2, 0.25) is 0 Å². The quantitative estimate of drug-likeness (QED) is 0.0870. The summed E-state index contributed by atoms with van der Waals surface area (Å²) in [6.07, 6.45) is 0.0357. The van der Waals surface area contributed by atoms with E-state index in [-0.39, 0.29) is 17.1 Å². The number of hydrogen-bond acceptors (Lipinski definition) is 10. The number of nitrogens with one attached hydrogen (secondary N) is 1. The molecule has 5 aromatic carbocycles. The molecule has 0 saturated heterocycles. The van der Waals surface area contributed by atoms with Gasteiger partial charge < -0.3 is 30.3 Å². The van der Waals surface area contributed by atoms with E-state index in [0.717, 1.165) is 24.3 Å². The number of carbonyl (C=O) groups is 3. The number of aromatic hydroxyl groups is 4. The lowest BCUT2D eigenvalue weighted by molar-refractivity contribution is 0.0472. The minimum absolute atomic E-state index is 0.00300. The second-order valence-electron chi connectivity index (χ2n) is 10.5. The summed E-state index contributed by atoms with van der Waals surface area (Å²) in [5.41, 5.74) is -1.84. The van der Waals surface area contributed by atoms with E-state index >= 15 is 0 Å². The number of phenolic OH excluding ortho intramolecular Hbond substituents is 4. The Kier molecular flexibility index (Phi) is 9.12. The Morgan fingerprint density at radius 3 is 2.06 bits per heavy atom. The summed E-state index contributed by atoms with van der Waals surface area (Å²) in [4.78, 5) is 37.8. The highest BCUT2D eigenvalue weighted by Crippen LogP contribution is 2.35. The van der Waals surface area contributed by atoms with E-state index in [1.54, 1.807) is 48.5 Å². The summed E-state index contributed by atoms with van der Waals surface area (Å²) < 4.78 is 35.1. The third-order valence-corrected chi connectivity index (χ3v) is 8.83. The van der Waals surface area contributed by atoms with Crippen molar-refractivity contribution in [2.75, 3.05) is 6.61 Å². The van der Waals surface area contributed by atoms with Crippen molar-refractivity contribution < 1.29 is 53.1 Å². The Balaban J connectivity index is 1.40. The van der Waals surface area contributed by atoms with Crippen molar-refractivity contribution in [1.82, 2.24) is 4.72 Å². The largest absolute Gasteiger partial charge is 0.508 e. The number of fused-ring (bicyclic) bond motifs is 1. The zero-order valence-corrected chi connectivity index (χ0v) is 25.1. The van der Waals surface area contributed by atoms with Gasteiger partial charge in [0, 0.05) is 5.39 Å². The average molecular weight is 658 g/mol. The van der Waals surface area contributed by atoms with Crippen molar-refractivity contribution in [1.29, 1.82) is 0 Å². The van der Waals surface area contributed by atoms with Crippen LogP contribution in [0.3, 0.4) is 0 Å². The molecule has 0 amide bonds. The lowest BCUT2D eigenvalue weighted by Gasteiger charge is -2.20. The van der Waals surface area contributed by atoms with Gasteiger partial charge in [-0.25, -0.2) is 22.7 Å². The minimum Gasteiger partial charge on any atom is -0.508 e. The molecule has 240 valence electrons. The molecule has 0 aromatic heterocycles. The van der Waals surface area contributed by atoms with E-state index in [0.29, 0.717) is 16.3 Å². The Hall–Kier alpha value is -5.92. The van der Waals surface area contributed by atoms with E-state index in [1.165, 1.54) is 24.3 Å². The number of sulfonamides is 1. The molecule has 0 heterocycles. The molecule has 6 N–H and O–H groups in total. The van der Waals surface area contributed by atoms with Gasteiger partial charge in [0.25, 0.3) is 0 Å². The van der Waals surface area contributed by atoms with Gasteiger partial charge in [-0.1, -0.05) is 54.6 Å². The highest BCUT2D eigenvalue weighted by atomic mass is 32.2. The maximum absolute atomic E-state index is 13.6. The first-order valence-corrected chi connectivity index (χ1v) is 15.4. The molecule has 5 aromatic rings. The van der Waals surface area contributed by atoms with Gasteiger partial charge in [-0.05, 0) is 59.8 Å². The highest BCUT2D eigenvalue weighted by Gasteiger charge is 2.29. The van der Waals surface area contributed by atoms with Gasteiger partial charge in [0.15, 0.2) is 0 Å². The lowest BCUT2D eigenvalue weighted by Crippen LogP contribution is -2.40. The Morgan fingerprint density at radius 1 is 0.745 bits per heavy atom. The normalized spacial score (nSPS) is 12.0. The average Bonchev–Trinajstić information content (AvgIpc) is 3.03. The fourth-order valence-corrected chi connectivity index (χ4v) is 6.52. The van der Waals surface area contributed by atoms with Crippen molar-refractivity contribution in [2.24, 2.45) is 0 Å². The Morgan fingerprint density at radius 2 is 1.38 bits per heavy atom. The van der Waals surface area contributed by atoms with Gasteiger partial charge in [-0.15, -0.1) is 0 Å². The second-order valence-corrected chi connectivity index (χ2v) is 12.2. The fourth-order valence-electron chi connectivity index (χ4n) is 5.07. The molecule has 1 unspecified atom stereocenters. The minimum atomic E-state index is -4.17. The topological polar surface area (TPSA) is 208 Å². The summed E-state index contributed by atoms with van der Waals surface area (Å²) in [7, 11) is -4.17. The van der Waals surface area contributed by atoms with Crippen LogP contribution in [0.25, 0.3) is 10.8 Å². The first-order chi connectivity index (χ1) is 22.4. The summed E-state index contributed by atoms with van der Waals surface area (Å²) in [6, 6.07) is 21.6. The summed E-state index contributed by atoms with van der Waals surface area (Å²) in [5.74, 6) is -6.37. The van der Waals surface area contributed by atoms with Crippen LogP contribution in [0.4, 0.5) is 0 Å². The third kappa shape index (κ3) is 7.01. The smallest absolute Gasteiger partial charge is 0.338 e. The van der Waals surface area contributed by atoms with Crippen LogP contribution < -0.4 is 4.72 Å². The zero-order valence-electron chi connectivity index (χ0n) is 24.3. The number of benzene rings is 5. The summed E-state index contributed by atoms with van der Waals surface area (Å²) in [6.45, 7) is -0.508. The molecule has 0 aliphatic rings. The van der Waals surface area contributed by atoms with Crippen molar-refractivity contribution in [3.05, 3.63) is 125 Å². The first-order valence-electron chi connectivity index (χ1n) is 14.0. The SMILES string of the molecule is O=C(OCC(Cc1ccc(O)cc1)NS(=O)(=O)c1cccc2ccccc12)c1cc(O)c(C(=O)c2c(O)cccc2C(=O)O)c(O)c1. The van der Waals surface area contributed by atoms with Gasteiger partial charge in [-0.3, -0.25) is 4.79 Å². The van der Waals surface area contributed by atoms with Gasteiger partial charge in [0.05, 0.1) is 27.6 Å². The number of aromatic carboxylic acids is 1. The van der Waals surface area contributed by atoms with Crippen molar-refractivity contribution in [2.45, 2.75) is 17.4 Å². The molecule has 0 radical (unpaired) electrons. The number of rotatable bonds is 11. The molecule has 1 atom stereocenters. The van der Waals surface area contributed by atoms with Crippen LogP contribution in [0.15, 0.2) is 102 Å². The van der Waals surface area contributed by atoms with E-state index in [9.17, 15) is 48.3 Å². The fraction of sp³-hybridized carbons (Fsp3) is 0.0882. The van der Waals surface area contributed by atoms with E-state index in [1.807, 2.05) is 0 Å². The maximum atomic E-state index is 13.6. The van der Waals surface area contributed by atoms with Crippen LogP contribution in [-0.4, -0.2) is 64.3 Å². The number of phenols is 4. The Labute approximate surface area is 267 Å². The van der Waals surface area contributed by atoms with Crippen LogP contribution in [0.1, 0.15) is 42.2 Å². The van der Waals surface area contributed by atoms with Gasteiger partial charge in [0.2, 0.25) is 15.8 Å². The lowest BCUT2D eigenvalue weighted by atomic mass is 9.95. The predicted molar refractivity (Wildman–Crippen MR) is 168 cm³/mol. The molecule has 0 saturated carbocycles. The molecular formula is C34H27NO11S. The number of ether oxygens (including phenoxy) is 1. The van der Waals surface area contributed by atoms with Crippen molar-refractivity contribution >= 4 is 38.5 Å². The molecule has 0 fully saturated rings. The summed E-state index contributed by atoms with van der Waals surface area (Å²) >= 11 is 0. The van der Waals surface area contributed by atoms with E-state index in [2.05, 4.69) is 4.72 Å². The molecule has 0 aliphatic heterocycles. The van der Waals surface area contributed by atoms with Gasteiger partial charge in [0.1, 0.15) is 35.2 Å². The molecule has 0 aliphatic carbocycles. The molecular weight excluding hydrogens is 630 g/mol. The molecule has 13 heteroatoms. The predicted octanol–water partition coefficient (Wildman–Crippen LogP) is 4.34. The van der Waals surface area contributed by atoms with Crippen LogP contribution in [0.5, 0.6) is 23.0 Å². The highest BCUT2D eigenvalue weighted by molar-refractivity contribution is 7.89. The zero-order chi connectivity index (χ0) is 33.9. The summed E-state index contributed by atoms with van der Waals surface area (Å²) in [5, 5.41) is 51.6. The first kappa shape index (κ1) is 32.5. The van der Waals surface area contributed by atoms with Crippen LogP contribution in [0, 0.1) is 0 Å². The molecule has 5 rings (SSSR count). The van der Waals surface area contributed by atoms with E-state index < -0.39 is 79.9 Å². The Bertz CT molecular complexity index is 2100. The molecule has 0 spiro atoms. The third-order valence-electron chi connectivity index (χ3n) is 7.25. The van der Waals surface area contributed by atoms with Crippen molar-refractivity contribution in [3.8, 4) is 23.0 Å². The second kappa shape index (κ2) is 13.2. The van der Waals surface area contributed by atoms with Crippen molar-refractivity contribution in [3.63, 3.8) is 0 Å². The number of carboxylic acid groups (broad SMARTS) is 1. The maximum Gasteiger partial charge on any atom is 0.338 e. The van der Waals surface area contributed by atoms with E-state index in [4.69, 9.17) is 4.74 Å². The number of hydrogen-bond donors (Lipinski definition) is 6. The standard InChI is InChI=1S/C34H27NO11S/c36-23-13-11-19(12-14-23)15-22(35-47(44,45)29-10-3-6-20-5-1-2-7-24(20)29)18-46-34(43)21-16-27(38)31(28(39)17-21)32(40)30-25(33(41)42)8-4-9-26(30)37/h1-14,16-17,22,35-39H,15,18H2,(H,41,42). The van der Waals surface area contributed by atoms with Crippen LogP contribution in [-0.2, 0) is 21.2 Å². The van der Waals surface area contributed by atoms with Crippen LogP contribution >= 0.6 is 0 Å². The van der Waals surface area contributed by atoms with Gasteiger partial charge >= 0.3 is 11.9 Å². The van der Waals surface area contributed by atoms with Gasteiger partial charge in [-0.2, -0.15) is 0 Å². The number of ketones is 1. The molecule has 47 heavy (non-hydrogen) atoms. The number of carboxylic acids is 1. The number of carbonyl (C=O) groups excluding carboxylic acids is 2.